The van der Waals surface area contributed by atoms with Crippen LogP contribution in [0.15, 0.2) is 78.9 Å². The molecule has 0 aliphatic carbocycles. The van der Waals surface area contributed by atoms with Crippen molar-refractivity contribution in [1.29, 1.82) is 0 Å². The molecule has 2 amide bonds. The highest BCUT2D eigenvalue weighted by Crippen LogP contribution is 2.35. The molecule has 1 N–H and O–H groups in total. The number of benzene rings is 3. The zero-order valence-corrected chi connectivity index (χ0v) is 18.2. The third kappa shape index (κ3) is 4.80. The van der Waals surface area contributed by atoms with Crippen molar-refractivity contribution >= 4 is 23.4 Å². The van der Waals surface area contributed by atoms with Gasteiger partial charge >= 0.3 is 0 Å². The number of carbonyl (C=O) groups excluding carboxylic acids is 2. The van der Waals surface area contributed by atoms with E-state index < -0.39 is 0 Å². The summed E-state index contributed by atoms with van der Waals surface area (Å²) >= 11 is 5.97. The highest BCUT2D eigenvalue weighted by atomic mass is 35.5. The van der Waals surface area contributed by atoms with Crippen molar-refractivity contribution in [3.8, 4) is 0 Å². The molecule has 5 heteroatoms. The molecule has 4 rings (SSSR count). The molecule has 1 fully saturated rings. The summed E-state index contributed by atoms with van der Waals surface area (Å²) in [5.41, 5.74) is 3.89. The molecule has 158 valence electrons. The van der Waals surface area contributed by atoms with Crippen molar-refractivity contribution in [2.75, 3.05) is 13.1 Å². The first kappa shape index (κ1) is 21.1. The molecule has 0 radical (unpaired) electrons. The summed E-state index contributed by atoms with van der Waals surface area (Å²) in [4.78, 5) is 28.1. The second-order valence-corrected chi connectivity index (χ2v) is 8.43. The van der Waals surface area contributed by atoms with Gasteiger partial charge in [-0.05, 0) is 47.9 Å². The molecule has 2 unspecified atom stereocenters. The molecule has 31 heavy (non-hydrogen) atoms. The van der Waals surface area contributed by atoms with E-state index in [0.29, 0.717) is 30.2 Å². The van der Waals surface area contributed by atoms with Gasteiger partial charge in [0.05, 0.1) is 5.92 Å². The van der Waals surface area contributed by atoms with Gasteiger partial charge in [0.1, 0.15) is 0 Å². The lowest BCUT2D eigenvalue weighted by Gasteiger charge is -2.20. The van der Waals surface area contributed by atoms with Crippen LogP contribution in [-0.4, -0.2) is 29.8 Å². The van der Waals surface area contributed by atoms with E-state index in [-0.39, 0.29) is 23.7 Å². The smallest absolute Gasteiger partial charge is 0.253 e. The molecule has 0 bridgehead atoms. The van der Waals surface area contributed by atoms with E-state index >= 15 is 0 Å². The Kier molecular flexibility index (Phi) is 6.38. The summed E-state index contributed by atoms with van der Waals surface area (Å²) in [7, 11) is 0. The van der Waals surface area contributed by atoms with Crippen molar-refractivity contribution in [2.24, 2.45) is 5.92 Å². The minimum absolute atomic E-state index is 0.0245. The molecule has 0 saturated carbocycles. The first-order chi connectivity index (χ1) is 15.0. The van der Waals surface area contributed by atoms with Crippen LogP contribution in [-0.2, 0) is 11.3 Å². The molecule has 2 atom stereocenters. The molecule has 3 aromatic carbocycles. The largest absolute Gasteiger partial charge is 0.352 e. The summed E-state index contributed by atoms with van der Waals surface area (Å²) in [6.07, 6.45) is 0. The number of likely N-dealkylation sites (tertiary alicyclic amines) is 1. The molecule has 1 saturated heterocycles. The minimum Gasteiger partial charge on any atom is -0.352 e. The third-order valence-electron chi connectivity index (χ3n) is 5.93. The predicted molar refractivity (Wildman–Crippen MR) is 123 cm³/mol. The number of nitrogens with one attached hydrogen (secondary N) is 1. The van der Waals surface area contributed by atoms with E-state index in [2.05, 4.69) is 24.4 Å². The number of halogens is 1. The van der Waals surface area contributed by atoms with Crippen molar-refractivity contribution < 1.29 is 9.59 Å². The molecule has 1 heterocycles. The summed E-state index contributed by atoms with van der Waals surface area (Å²) < 4.78 is 0. The van der Waals surface area contributed by atoms with E-state index in [1.54, 1.807) is 29.2 Å². The second kappa shape index (κ2) is 9.36. The molecular weight excluding hydrogens is 408 g/mol. The van der Waals surface area contributed by atoms with Gasteiger partial charge in [0, 0.05) is 36.1 Å². The Morgan fingerprint density at radius 2 is 1.61 bits per heavy atom. The normalized spacial score (nSPS) is 18.1. The lowest BCUT2D eigenvalue weighted by atomic mass is 9.86. The number of rotatable bonds is 5. The van der Waals surface area contributed by atoms with Crippen LogP contribution in [0.2, 0.25) is 5.02 Å². The molecule has 3 aromatic rings. The average Bonchev–Trinajstić information content (AvgIpc) is 3.24. The first-order valence-corrected chi connectivity index (χ1v) is 10.8. The summed E-state index contributed by atoms with van der Waals surface area (Å²) in [5.74, 6) is -0.452. The Morgan fingerprint density at radius 1 is 0.935 bits per heavy atom. The van der Waals surface area contributed by atoms with E-state index in [0.717, 1.165) is 16.7 Å². The zero-order chi connectivity index (χ0) is 21.8. The van der Waals surface area contributed by atoms with E-state index in [1.807, 2.05) is 42.5 Å². The molecule has 0 aromatic heterocycles. The topological polar surface area (TPSA) is 49.4 Å². The Balaban J connectivity index is 1.56. The van der Waals surface area contributed by atoms with Gasteiger partial charge in [-0.2, -0.15) is 0 Å². The molecule has 4 nitrogen and oxygen atoms in total. The van der Waals surface area contributed by atoms with Crippen LogP contribution in [0, 0.1) is 12.8 Å². The summed E-state index contributed by atoms with van der Waals surface area (Å²) in [6.45, 7) is 3.43. The molecule has 1 aliphatic heterocycles. The first-order valence-electron chi connectivity index (χ1n) is 10.4. The number of hydrogen-bond acceptors (Lipinski definition) is 2. The van der Waals surface area contributed by atoms with Gasteiger partial charge in [-0.3, -0.25) is 9.59 Å². The maximum atomic E-state index is 13.2. The fourth-order valence-electron chi connectivity index (χ4n) is 4.24. The maximum absolute atomic E-state index is 13.2. The third-order valence-corrected chi connectivity index (χ3v) is 6.18. The maximum Gasteiger partial charge on any atom is 0.253 e. The number of nitrogens with zero attached hydrogens (tertiary/aromatic N) is 1. The standard InChI is InChI=1S/C26H25ClN2O2/c1-18-7-5-6-10-22(18)23-16-29(26(31)20-11-13-21(27)14-12-20)17-24(23)25(30)28-15-19-8-3-2-4-9-19/h2-14,23-24H,15-17H2,1H3,(H,28,30). The fourth-order valence-corrected chi connectivity index (χ4v) is 4.37. The molecule has 0 spiro atoms. The Hall–Kier alpha value is -3.11. The molecular formula is C26H25ClN2O2. The highest BCUT2D eigenvalue weighted by Gasteiger charge is 2.41. The van der Waals surface area contributed by atoms with Crippen molar-refractivity contribution in [1.82, 2.24) is 10.2 Å². The SMILES string of the molecule is Cc1ccccc1C1CN(C(=O)c2ccc(Cl)cc2)CC1C(=O)NCc1ccccc1. The van der Waals surface area contributed by atoms with Crippen molar-refractivity contribution in [3.05, 3.63) is 106 Å². The summed E-state index contributed by atoms with van der Waals surface area (Å²) in [6, 6.07) is 24.9. The minimum atomic E-state index is -0.305. The Bertz CT molecular complexity index is 1070. The quantitative estimate of drug-likeness (QED) is 0.628. The predicted octanol–water partition coefficient (Wildman–Crippen LogP) is 4.82. The van der Waals surface area contributed by atoms with Gasteiger partial charge in [0.25, 0.3) is 5.91 Å². The lowest BCUT2D eigenvalue weighted by molar-refractivity contribution is -0.125. The number of aryl methyl sites for hydroxylation is 1. The average molecular weight is 433 g/mol. The molecule has 1 aliphatic rings. The number of carbonyl (C=O) groups is 2. The van der Waals surface area contributed by atoms with Crippen LogP contribution in [0.3, 0.4) is 0 Å². The van der Waals surface area contributed by atoms with Gasteiger partial charge < -0.3 is 10.2 Å². The van der Waals surface area contributed by atoms with Crippen LogP contribution < -0.4 is 5.32 Å². The van der Waals surface area contributed by atoms with Crippen LogP contribution in [0.1, 0.15) is 33.0 Å². The monoisotopic (exact) mass is 432 g/mol. The summed E-state index contributed by atoms with van der Waals surface area (Å²) in [5, 5.41) is 3.66. The van der Waals surface area contributed by atoms with Crippen LogP contribution in [0.4, 0.5) is 0 Å². The fraction of sp³-hybridized carbons (Fsp3) is 0.231. The van der Waals surface area contributed by atoms with Gasteiger partial charge in [0.2, 0.25) is 5.91 Å². The van der Waals surface area contributed by atoms with Crippen molar-refractivity contribution in [3.63, 3.8) is 0 Å². The highest BCUT2D eigenvalue weighted by molar-refractivity contribution is 6.30. The zero-order valence-electron chi connectivity index (χ0n) is 17.4. The van der Waals surface area contributed by atoms with Gasteiger partial charge in [0.15, 0.2) is 0 Å². The van der Waals surface area contributed by atoms with Crippen molar-refractivity contribution in [2.45, 2.75) is 19.4 Å². The van der Waals surface area contributed by atoms with Gasteiger partial charge in [-0.1, -0.05) is 66.2 Å². The number of hydrogen-bond donors (Lipinski definition) is 1. The van der Waals surface area contributed by atoms with E-state index in [9.17, 15) is 9.59 Å². The number of amides is 2. The second-order valence-electron chi connectivity index (χ2n) is 7.99. The van der Waals surface area contributed by atoms with Crippen LogP contribution >= 0.6 is 11.6 Å². The van der Waals surface area contributed by atoms with E-state index in [1.165, 1.54) is 0 Å². The van der Waals surface area contributed by atoms with Gasteiger partial charge in [-0.25, -0.2) is 0 Å². The Morgan fingerprint density at radius 3 is 2.32 bits per heavy atom. The van der Waals surface area contributed by atoms with E-state index in [4.69, 9.17) is 11.6 Å². The van der Waals surface area contributed by atoms with Gasteiger partial charge in [-0.15, -0.1) is 0 Å². The van der Waals surface area contributed by atoms with Crippen LogP contribution in [0.5, 0.6) is 0 Å². The van der Waals surface area contributed by atoms with Crippen LogP contribution in [0.25, 0.3) is 0 Å². The lowest BCUT2D eigenvalue weighted by Crippen LogP contribution is -2.35. The Labute approximate surface area is 187 Å².